The van der Waals surface area contributed by atoms with E-state index in [2.05, 4.69) is 45.2 Å². The van der Waals surface area contributed by atoms with Gasteiger partial charge in [-0.3, -0.25) is 0 Å². The van der Waals surface area contributed by atoms with Crippen molar-refractivity contribution in [1.82, 2.24) is 0 Å². The number of hydrogen-bond donors (Lipinski definition) is 0. The number of halogens is 2. The van der Waals surface area contributed by atoms with Gasteiger partial charge in [-0.25, -0.2) is 0 Å². The Hall–Kier alpha value is 1.46. The predicted molar refractivity (Wildman–Crippen MR) is 56.5 cm³/mol. The first-order valence-electron chi connectivity index (χ1n) is 3.54. The molecule has 2 fully saturated rings. The molecule has 0 aromatic rings. The number of fused-ring (bicyclic) bond motifs is 2. The van der Waals surface area contributed by atoms with Crippen molar-refractivity contribution in [3.63, 3.8) is 0 Å². The lowest BCUT2D eigenvalue weighted by atomic mass is 10.0. The lowest BCUT2D eigenvalue weighted by Gasteiger charge is -2.24. The van der Waals surface area contributed by atoms with E-state index in [1.807, 2.05) is 0 Å². The minimum Gasteiger partial charge on any atom is -0.0812 e. The summed E-state index contributed by atoms with van der Waals surface area (Å²) in [5.74, 6) is 1.10. The molecule has 3 atom stereocenters. The topological polar surface area (TPSA) is 0 Å². The van der Waals surface area contributed by atoms with E-state index in [4.69, 9.17) is 0 Å². The van der Waals surface area contributed by atoms with Crippen LogP contribution in [-0.4, -0.2) is 7.35 Å². The molecule has 0 spiro atoms. The Kier molecular flexibility index (Phi) is 1.76. The Labute approximate surface area is 83.4 Å². The second-order valence-corrected chi connectivity index (χ2v) is 7.00. The number of rotatable bonds is 0. The molecular formula is C7H10I2. The third-order valence-corrected chi connectivity index (χ3v) is 7.32. The standard InChI is InChI=1S/C7H10I2/c8-6-3-5-1-2-7(6,9)4-5/h5-6H,1-4H2/t5-,6+,7+/m1/s1. The minimum atomic E-state index is 0.725. The summed E-state index contributed by atoms with van der Waals surface area (Å²) in [6, 6.07) is 0. The van der Waals surface area contributed by atoms with E-state index in [1.165, 1.54) is 25.7 Å². The van der Waals surface area contributed by atoms with Gasteiger partial charge < -0.3 is 0 Å². The van der Waals surface area contributed by atoms with Gasteiger partial charge in [0.05, 0.1) is 0 Å². The highest BCUT2D eigenvalue weighted by molar-refractivity contribution is 14.1. The van der Waals surface area contributed by atoms with Crippen molar-refractivity contribution in [3.05, 3.63) is 0 Å². The Bertz CT molecular complexity index is 135. The molecule has 0 aromatic heterocycles. The molecule has 0 radical (unpaired) electrons. The molecule has 2 saturated carbocycles. The first-order valence-corrected chi connectivity index (χ1v) is 5.86. The van der Waals surface area contributed by atoms with Crippen molar-refractivity contribution >= 4 is 45.2 Å². The lowest BCUT2D eigenvalue weighted by molar-refractivity contribution is 0.524. The maximum atomic E-state index is 2.69. The fraction of sp³-hybridized carbons (Fsp3) is 1.00. The highest BCUT2D eigenvalue weighted by Gasteiger charge is 2.48. The number of hydrogen-bond acceptors (Lipinski definition) is 0. The molecule has 0 saturated heterocycles. The molecule has 0 heterocycles. The Balaban J connectivity index is 2.22. The van der Waals surface area contributed by atoms with Crippen LogP contribution in [0.3, 0.4) is 0 Å². The molecule has 0 N–H and O–H groups in total. The molecule has 2 heteroatoms. The maximum absolute atomic E-state index is 2.69. The Morgan fingerprint density at radius 1 is 1.44 bits per heavy atom. The summed E-state index contributed by atoms with van der Waals surface area (Å²) in [7, 11) is 0. The SMILES string of the molecule is I[C@H]1C[C@H]2CC[C@]1(I)C2. The van der Waals surface area contributed by atoms with E-state index < -0.39 is 0 Å². The molecule has 2 rings (SSSR count). The lowest BCUT2D eigenvalue weighted by Crippen LogP contribution is -2.24. The molecule has 2 aliphatic carbocycles. The van der Waals surface area contributed by atoms with Gasteiger partial charge in [-0.15, -0.1) is 0 Å². The van der Waals surface area contributed by atoms with E-state index in [0.29, 0.717) is 0 Å². The first-order chi connectivity index (χ1) is 4.21. The molecule has 2 aliphatic rings. The first kappa shape index (κ1) is 7.13. The molecule has 0 aliphatic heterocycles. The van der Waals surface area contributed by atoms with Gasteiger partial charge in [0.15, 0.2) is 0 Å². The van der Waals surface area contributed by atoms with Crippen LogP contribution in [0.2, 0.25) is 0 Å². The third-order valence-electron chi connectivity index (χ3n) is 2.70. The van der Waals surface area contributed by atoms with Gasteiger partial charge in [-0.05, 0) is 31.6 Å². The fourth-order valence-corrected chi connectivity index (χ4v) is 4.59. The van der Waals surface area contributed by atoms with Crippen molar-refractivity contribution in [3.8, 4) is 0 Å². The van der Waals surface area contributed by atoms with Crippen LogP contribution in [-0.2, 0) is 0 Å². The minimum absolute atomic E-state index is 0.725. The van der Waals surface area contributed by atoms with Crippen LogP contribution in [0, 0.1) is 5.92 Å². The summed E-state index contributed by atoms with van der Waals surface area (Å²) in [6.45, 7) is 0. The van der Waals surface area contributed by atoms with Gasteiger partial charge in [0.25, 0.3) is 0 Å². The molecule has 0 amide bonds. The van der Waals surface area contributed by atoms with Crippen LogP contribution in [0.4, 0.5) is 0 Å². The third kappa shape index (κ3) is 1.04. The van der Waals surface area contributed by atoms with E-state index in [-0.39, 0.29) is 0 Å². The maximum Gasteiger partial charge on any atom is 0.0342 e. The highest BCUT2D eigenvalue weighted by atomic mass is 127. The highest BCUT2D eigenvalue weighted by Crippen LogP contribution is 2.56. The van der Waals surface area contributed by atoms with Crippen LogP contribution >= 0.6 is 45.2 Å². The zero-order valence-corrected chi connectivity index (χ0v) is 9.55. The second-order valence-electron chi connectivity index (χ2n) is 3.35. The van der Waals surface area contributed by atoms with Crippen LogP contribution < -0.4 is 0 Å². The second kappa shape index (κ2) is 2.22. The van der Waals surface area contributed by atoms with Crippen LogP contribution in [0.15, 0.2) is 0 Å². The summed E-state index contributed by atoms with van der Waals surface area (Å²) >= 11 is 5.32. The Morgan fingerprint density at radius 3 is 2.44 bits per heavy atom. The molecule has 2 bridgehead atoms. The molecule has 0 nitrogen and oxygen atoms in total. The van der Waals surface area contributed by atoms with Crippen molar-refractivity contribution in [1.29, 1.82) is 0 Å². The summed E-state index contributed by atoms with van der Waals surface area (Å²) in [6.07, 6.45) is 6.03. The van der Waals surface area contributed by atoms with E-state index in [9.17, 15) is 0 Å². The molecule has 0 aromatic carbocycles. The molecule has 0 unspecified atom stereocenters. The summed E-state index contributed by atoms with van der Waals surface area (Å²) in [5.41, 5.74) is 0. The smallest absolute Gasteiger partial charge is 0.0342 e. The van der Waals surface area contributed by atoms with Crippen LogP contribution in [0.25, 0.3) is 0 Å². The molecular weight excluding hydrogens is 338 g/mol. The van der Waals surface area contributed by atoms with Crippen molar-refractivity contribution in [2.45, 2.75) is 33.0 Å². The van der Waals surface area contributed by atoms with Gasteiger partial charge in [-0.1, -0.05) is 45.2 Å². The van der Waals surface area contributed by atoms with Crippen molar-refractivity contribution in [2.24, 2.45) is 5.92 Å². The van der Waals surface area contributed by atoms with Crippen LogP contribution in [0.5, 0.6) is 0 Å². The molecule has 52 valence electrons. The summed E-state index contributed by atoms with van der Waals surface area (Å²) < 4.78 is 1.71. The summed E-state index contributed by atoms with van der Waals surface area (Å²) in [4.78, 5) is 0. The van der Waals surface area contributed by atoms with Gasteiger partial charge >= 0.3 is 0 Å². The predicted octanol–water partition coefficient (Wildman–Crippen LogP) is 3.17. The molecule has 9 heavy (non-hydrogen) atoms. The normalized spacial score (nSPS) is 56.7. The van der Waals surface area contributed by atoms with Crippen molar-refractivity contribution in [2.75, 3.05) is 0 Å². The van der Waals surface area contributed by atoms with E-state index >= 15 is 0 Å². The largest absolute Gasteiger partial charge is 0.0812 e. The van der Waals surface area contributed by atoms with Gasteiger partial charge in [0.1, 0.15) is 0 Å². The zero-order valence-electron chi connectivity index (χ0n) is 5.24. The van der Waals surface area contributed by atoms with Gasteiger partial charge in [0, 0.05) is 7.35 Å². The van der Waals surface area contributed by atoms with E-state index in [0.717, 1.165) is 13.3 Å². The number of alkyl halides is 2. The monoisotopic (exact) mass is 348 g/mol. The van der Waals surface area contributed by atoms with Gasteiger partial charge in [0.2, 0.25) is 0 Å². The van der Waals surface area contributed by atoms with E-state index in [1.54, 1.807) is 0 Å². The average molecular weight is 348 g/mol. The van der Waals surface area contributed by atoms with Crippen molar-refractivity contribution < 1.29 is 0 Å². The fourth-order valence-electron chi connectivity index (χ4n) is 2.12. The van der Waals surface area contributed by atoms with Gasteiger partial charge in [-0.2, -0.15) is 0 Å². The quantitative estimate of drug-likeness (QED) is 0.466. The Morgan fingerprint density at radius 2 is 2.22 bits per heavy atom. The van der Waals surface area contributed by atoms with Crippen LogP contribution in [0.1, 0.15) is 25.7 Å². The summed E-state index contributed by atoms with van der Waals surface area (Å²) in [5, 5.41) is 0. The average Bonchev–Trinajstić information content (AvgIpc) is 2.22. The zero-order chi connectivity index (χ0) is 6.48.